The van der Waals surface area contributed by atoms with Crippen LogP contribution in [0.5, 0.6) is 0 Å². The lowest BCUT2D eigenvalue weighted by Gasteiger charge is -2.33. The highest BCUT2D eigenvalue weighted by Gasteiger charge is 2.25. The lowest BCUT2D eigenvalue weighted by Crippen LogP contribution is -2.45. The van der Waals surface area contributed by atoms with Crippen molar-refractivity contribution in [1.82, 2.24) is 19.7 Å². The zero-order valence-electron chi connectivity index (χ0n) is 16.4. The van der Waals surface area contributed by atoms with E-state index in [2.05, 4.69) is 10.2 Å². The molecule has 1 fully saturated rings. The molecule has 0 saturated carbocycles. The van der Waals surface area contributed by atoms with E-state index >= 15 is 0 Å². The number of likely N-dealkylation sites (tertiary alicyclic amines) is 1. The Morgan fingerprint density at radius 2 is 2.00 bits per heavy atom. The van der Waals surface area contributed by atoms with Crippen molar-refractivity contribution in [2.75, 3.05) is 46.9 Å². The SMILES string of the molecule is CCCNC(=O)CN(C)C(=O)CN1CCC(n2cccc2C(=O)OC)CC1. The van der Waals surface area contributed by atoms with Gasteiger partial charge in [0.15, 0.2) is 0 Å². The molecule has 1 aromatic heterocycles. The first kappa shape index (κ1) is 21.0. The number of likely N-dealkylation sites (N-methyl/N-ethyl adjacent to an activating group) is 1. The van der Waals surface area contributed by atoms with Crippen LogP contribution in [0, 0.1) is 0 Å². The molecule has 27 heavy (non-hydrogen) atoms. The summed E-state index contributed by atoms with van der Waals surface area (Å²) in [5.74, 6) is -0.522. The van der Waals surface area contributed by atoms with Gasteiger partial charge in [0.2, 0.25) is 11.8 Å². The van der Waals surface area contributed by atoms with Gasteiger partial charge in [0, 0.05) is 38.9 Å². The minimum Gasteiger partial charge on any atom is -0.464 e. The van der Waals surface area contributed by atoms with Crippen molar-refractivity contribution in [3.05, 3.63) is 24.0 Å². The average Bonchev–Trinajstić information content (AvgIpc) is 3.16. The second-order valence-corrected chi connectivity index (χ2v) is 6.90. The molecule has 1 aliphatic rings. The summed E-state index contributed by atoms with van der Waals surface area (Å²) in [4.78, 5) is 39.5. The molecule has 0 atom stereocenters. The lowest BCUT2D eigenvalue weighted by atomic mass is 10.0. The molecule has 1 N–H and O–H groups in total. The van der Waals surface area contributed by atoms with Gasteiger partial charge in [-0.2, -0.15) is 0 Å². The molecule has 0 bridgehead atoms. The van der Waals surface area contributed by atoms with E-state index < -0.39 is 0 Å². The maximum absolute atomic E-state index is 12.4. The van der Waals surface area contributed by atoms with Gasteiger partial charge in [-0.25, -0.2) is 4.79 Å². The van der Waals surface area contributed by atoms with Gasteiger partial charge >= 0.3 is 5.97 Å². The van der Waals surface area contributed by atoms with Gasteiger partial charge in [-0.15, -0.1) is 0 Å². The fraction of sp³-hybridized carbons (Fsp3) is 0.632. The first-order valence-electron chi connectivity index (χ1n) is 9.44. The Morgan fingerprint density at radius 1 is 1.30 bits per heavy atom. The molecular formula is C19H30N4O4. The first-order valence-corrected chi connectivity index (χ1v) is 9.44. The molecule has 8 heteroatoms. The smallest absolute Gasteiger partial charge is 0.354 e. The number of carbonyl (C=O) groups is 3. The summed E-state index contributed by atoms with van der Waals surface area (Å²) in [6, 6.07) is 3.83. The van der Waals surface area contributed by atoms with Crippen LogP contribution in [0.15, 0.2) is 18.3 Å². The largest absolute Gasteiger partial charge is 0.464 e. The summed E-state index contributed by atoms with van der Waals surface area (Å²) in [5, 5.41) is 2.78. The van der Waals surface area contributed by atoms with E-state index in [1.807, 2.05) is 23.8 Å². The molecule has 2 rings (SSSR count). The van der Waals surface area contributed by atoms with E-state index in [0.29, 0.717) is 18.8 Å². The normalized spacial score (nSPS) is 15.4. The second kappa shape index (κ2) is 10.1. The maximum atomic E-state index is 12.4. The van der Waals surface area contributed by atoms with E-state index in [0.717, 1.165) is 32.4 Å². The van der Waals surface area contributed by atoms with Crippen molar-refractivity contribution in [1.29, 1.82) is 0 Å². The lowest BCUT2D eigenvalue weighted by molar-refractivity contribution is -0.135. The molecule has 1 saturated heterocycles. The predicted octanol–water partition coefficient (Wildman–Crippen LogP) is 0.896. The minimum atomic E-state index is -0.333. The van der Waals surface area contributed by atoms with Crippen molar-refractivity contribution < 1.29 is 19.1 Å². The molecule has 150 valence electrons. The van der Waals surface area contributed by atoms with Crippen molar-refractivity contribution >= 4 is 17.8 Å². The molecule has 2 amide bonds. The van der Waals surface area contributed by atoms with E-state index in [-0.39, 0.29) is 30.4 Å². The number of hydrogen-bond acceptors (Lipinski definition) is 5. The summed E-state index contributed by atoms with van der Waals surface area (Å²) in [7, 11) is 3.04. The molecule has 0 radical (unpaired) electrons. The number of methoxy groups -OCH3 is 1. The third kappa shape index (κ3) is 5.82. The van der Waals surface area contributed by atoms with Crippen molar-refractivity contribution in [2.24, 2.45) is 0 Å². The van der Waals surface area contributed by atoms with Crippen molar-refractivity contribution in [3.8, 4) is 0 Å². The van der Waals surface area contributed by atoms with Crippen LogP contribution in [0.2, 0.25) is 0 Å². The van der Waals surface area contributed by atoms with Crippen LogP contribution in [-0.4, -0.2) is 79.0 Å². The first-order chi connectivity index (χ1) is 13.0. The van der Waals surface area contributed by atoms with Crippen molar-refractivity contribution in [3.63, 3.8) is 0 Å². The van der Waals surface area contributed by atoms with Gasteiger partial charge in [0.25, 0.3) is 0 Å². The van der Waals surface area contributed by atoms with E-state index in [9.17, 15) is 14.4 Å². The van der Waals surface area contributed by atoms with E-state index in [1.54, 1.807) is 13.1 Å². The number of nitrogens with one attached hydrogen (secondary N) is 1. The number of amides is 2. The van der Waals surface area contributed by atoms with Crippen LogP contribution in [-0.2, 0) is 14.3 Å². The quantitative estimate of drug-likeness (QED) is 0.680. The Labute approximate surface area is 160 Å². The fourth-order valence-electron chi connectivity index (χ4n) is 3.28. The highest BCUT2D eigenvalue weighted by Crippen LogP contribution is 2.24. The number of hydrogen-bond donors (Lipinski definition) is 1. The standard InChI is InChI=1S/C19H30N4O4/c1-4-9-20-17(24)13-21(2)18(25)14-22-11-7-15(8-12-22)23-10-5-6-16(23)19(26)27-3/h5-6,10,15H,4,7-9,11-14H2,1-3H3,(H,20,24). The van der Waals surface area contributed by atoms with Gasteiger partial charge in [-0.1, -0.05) is 6.92 Å². The van der Waals surface area contributed by atoms with Crippen LogP contribution in [0.1, 0.15) is 42.7 Å². The third-order valence-corrected chi connectivity index (χ3v) is 4.86. The molecule has 0 aliphatic carbocycles. The fourth-order valence-corrected chi connectivity index (χ4v) is 3.28. The summed E-state index contributed by atoms with van der Waals surface area (Å²) in [5.41, 5.74) is 0.560. The number of carbonyl (C=O) groups excluding carboxylic acids is 3. The Bertz CT molecular complexity index is 650. The molecule has 8 nitrogen and oxygen atoms in total. The highest BCUT2D eigenvalue weighted by molar-refractivity contribution is 5.87. The molecular weight excluding hydrogens is 348 g/mol. The molecule has 0 unspecified atom stereocenters. The average molecular weight is 378 g/mol. The number of ether oxygens (including phenoxy) is 1. The van der Waals surface area contributed by atoms with Crippen LogP contribution in [0.25, 0.3) is 0 Å². The van der Waals surface area contributed by atoms with Gasteiger partial charge in [-0.3, -0.25) is 14.5 Å². The monoisotopic (exact) mass is 378 g/mol. The van der Waals surface area contributed by atoms with Gasteiger partial charge in [0.1, 0.15) is 5.69 Å². The summed E-state index contributed by atoms with van der Waals surface area (Å²) < 4.78 is 6.80. The molecule has 1 aromatic rings. The Morgan fingerprint density at radius 3 is 2.63 bits per heavy atom. The van der Waals surface area contributed by atoms with Crippen LogP contribution in [0.4, 0.5) is 0 Å². The third-order valence-electron chi connectivity index (χ3n) is 4.86. The van der Waals surface area contributed by atoms with Gasteiger partial charge in [-0.05, 0) is 31.4 Å². The zero-order chi connectivity index (χ0) is 19.8. The number of esters is 1. The Hall–Kier alpha value is -2.35. The highest BCUT2D eigenvalue weighted by atomic mass is 16.5. The number of piperidine rings is 1. The Kier molecular flexibility index (Phi) is 7.84. The van der Waals surface area contributed by atoms with Gasteiger partial charge < -0.3 is 19.5 Å². The Balaban J connectivity index is 1.80. The van der Waals surface area contributed by atoms with Gasteiger partial charge in [0.05, 0.1) is 20.2 Å². The van der Waals surface area contributed by atoms with Crippen LogP contribution < -0.4 is 5.32 Å². The maximum Gasteiger partial charge on any atom is 0.354 e. The zero-order valence-corrected chi connectivity index (χ0v) is 16.4. The van der Waals surface area contributed by atoms with Crippen LogP contribution >= 0.6 is 0 Å². The topological polar surface area (TPSA) is 83.9 Å². The molecule has 1 aliphatic heterocycles. The van der Waals surface area contributed by atoms with E-state index in [4.69, 9.17) is 4.74 Å². The van der Waals surface area contributed by atoms with E-state index in [1.165, 1.54) is 12.0 Å². The van der Waals surface area contributed by atoms with Crippen molar-refractivity contribution in [2.45, 2.75) is 32.2 Å². The number of nitrogens with zero attached hydrogens (tertiary/aromatic N) is 3. The van der Waals surface area contributed by atoms with Crippen LogP contribution in [0.3, 0.4) is 0 Å². The second-order valence-electron chi connectivity index (χ2n) is 6.90. The predicted molar refractivity (Wildman–Crippen MR) is 101 cm³/mol. The summed E-state index contributed by atoms with van der Waals surface area (Å²) in [6.07, 6.45) is 4.48. The molecule has 0 aromatic carbocycles. The molecule has 2 heterocycles. The summed E-state index contributed by atoms with van der Waals surface area (Å²) in [6.45, 7) is 4.54. The number of aromatic nitrogens is 1. The number of rotatable bonds is 8. The molecule has 0 spiro atoms. The minimum absolute atomic E-state index is 0.0590. The summed E-state index contributed by atoms with van der Waals surface area (Å²) >= 11 is 0.